The molecule has 14 heavy (non-hydrogen) atoms. The molecule has 5 N–H and O–H groups in total. The zero-order valence-electron chi connectivity index (χ0n) is 6.88. The van der Waals surface area contributed by atoms with Crippen molar-refractivity contribution in [2.24, 2.45) is 5.73 Å². The highest BCUT2D eigenvalue weighted by Crippen LogP contribution is 2.56. The highest BCUT2D eigenvalue weighted by molar-refractivity contribution is 7.51. The summed E-state index contributed by atoms with van der Waals surface area (Å²) in [6.45, 7) is 0. The number of hydrogen-bond donors (Lipinski definition) is 4. The van der Waals surface area contributed by atoms with E-state index < -0.39 is 37.4 Å². The summed E-state index contributed by atoms with van der Waals surface area (Å²) in [5, 5.41) is 8.43. The van der Waals surface area contributed by atoms with E-state index >= 15 is 0 Å². The molecule has 9 heteroatoms. The molecule has 1 saturated carbocycles. The van der Waals surface area contributed by atoms with Gasteiger partial charge in [-0.15, -0.1) is 12.4 Å². The molecule has 1 aliphatic rings. The maximum Gasteiger partial charge on any atom is 0.328 e. The Balaban J connectivity index is 0.00000169. The molecule has 0 aromatic heterocycles. The van der Waals surface area contributed by atoms with Crippen molar-refractivity contribution in [3.05, 3.63) is 0 Å². The number of carboxylic acid groups (broad SMARTS) is 1. The van der Waals surface area contributed by atoms with Crippen LogP contribution in [0.3, 0.4) is 0 Å². The van der Waals surface area contributed by atoms with Crippen molar-refractivity contribution < 1.29 is 28.6 Å². The predicted octanol–water partition coefficient (Wildman–Crippen LogP) is -0.520. The average molecular weight is 250 g/mol. The van der Waals surface area contributed by atoms with Gasteiger partial charge in [0, 0.05) is 6.42 Å². The van der Waals surface area contributed by atoms with Crippen molar-refractivity contribution >= 4 is 26.0 Å². The lowest BCUT2D eigenvalue weighted by molar-refractivity contribution is -0.140. The van der Waals surface area contributed by atoms with Crippen LogP contribution in [-0.4, -0.2) is 38.2 Å². The second kappa shape index (κ2) is 3.43. The van der Waals surface area contributed by atoms with Gasteiger partial charge in [0.15, 0.2) is 11.2 Å². The standard InChI is InChI=1S/C5H9FNO5P.ClH/c6-4(2-13(10,11)12)1-5(4,7)3(8)9;/h1-2,7H2,(H,8,9)(H2,10,11,12);1H/t4-,5+;/m0./s1. The molecule has 6 nitrogen and oxygen atoms in total. The lowest BCUT2D eigenvalue weighted by Gasteiger charge is -2.11. The molecule has 1 aliphatic carbocycles. The number of carboxylic acids is 1. The molecular formula is C5H10ClFNO5P. The quantitative estimate of drug-likeness (QED) is 0.500. The van der Waals surface area contributed by atoms with E-state index in [1.165, 1.54) is 0 Å². The van der Waals surface area contributed by atoms with Gasteiger partial charge in [-0.3, -0.25) is 9.36 Å². The Morgan fingerprint density at radius 3 is 2.21 bits per heavy atom. The Kier molecular flexibility index (Phi) is 3.38. The molecule has 1 fully saturated rings. The van der Waals surface area contributed by atoms with E-state index in [9.17, 15) is 13.8 Å². The van der Waals surface area contributed by atoms with Crippen LogP contribution < -0.4 is 5.73 Å². The van der Waals surface area contributed by atoms with Crippen LogP contribution in [0.2, 0.25) is 0 Å². The number of nitrogens with two attached hydrogens (primary N) is 1. The molecule has 0 radical (unpaired) electrons. The largest absolute Gasteiger partial charge is 0.480 e. The third-order valence-corrected chi connectivity index (χ3v) is 2.98. The summed E-state index contributed by atoms with van der Waals surface area (Å²) >= 11 is 0. The summed E-state index contributed by atoms with van der Waals surface area (Å²) in [5.74, 6) is -1.58. The highest BCUT2D eigenvalue weighted by atomic mass is 35.5. The molecule has 0 aromatic rings. The maximum absolute atomic E-state index is 13.3. The first-order valence-corrected chi connectivity index (χ1v) is 5.16. The van der Waals surface area contributed by atoms with Crippen LogP contribution in [0.5, 0.6) is 0 Å². The number of carbonyl (C=O) groups is 1. The van der Waals surface area contributed by atoms with E-state index in [-0.39, 0.29) is 12.4 Å². The number of aliphatic carboxylic acids is 1. The predicted molar refractivity (Wildman–Crippen MR) is 47.2 cm³/mol. The monoisotopic (exact) mass is 249 g/mol. The van der Waals surface area contributed by atoms with Gasteiger partial charge in [-0.05, 0) is 0 Å². The first-order chi connectivity index (χ1) is 5.61. The molecule has 2 atom stereocenters. The van der Waals surface area contributed by atoms with Crippen LogP contribution in [0.4, 0.5) is 4.39 Å². The van der Waals surface area contributed by atoms with Gasteiger partial charge in [0.1, 0.15) is 0 Å². The number of alkyl halides is 1. The minimum atomic E-state index is -4.56. The molecule has 1 rings (SSSR count). The van der Waals surface area contributed by atoms with Gasteiger partial charge >= 0.3 is 13.6 Å². The number of hydrogen-bond acceptors (Lipinski definition) is 3. The fraction of sp³-hybridized carbons (Fsp3) is 0.800. The Morgan fingerprint density at radius 1 is 1.57 bits per heavy atom. The van der Waals surface area contributed by atoms with Crippen LogP contribution >= 0.6 is 20.0 Å². The normalized spacial score (nSPS) is 36.0. The van der Waals surface area contributed by atoms with Gasteiger partial charge in [-0.2, -0.15) is 0 Å². The van der Waals surface area contributed by atoms with Crippen LogP contribution in [0.15, 0.2) is 0 Å². The Hall–Kier alpha value is -0.200. The Labute approximate surface area is 84.9 Å². The van der Waals surface area contributed by atoms with Crippen molar-refractivity contribution in [1.29, 1.82) is 0 Å². The fourth-order valence-electron chi connectivity index (χ4n) is 1.19. The SMILES string of the molecule is Cl.N[C@@]1(C(=O)O)C[C@]1(F)CP(=O)(O)O. The van der Waals surface area contributed by atoms with Gasteiger partial charge in [0.2, 0.25) is 0 Å². The molecular weight excluding hydrogens is 239 g/mol. The smallest absolute Gasteiger partial charge is 0.328 e. The van der Waals surface area contributed by atoms with Crippen molar-refractivity contribution in [2.45, 2.75) is 17.6 Å². The summed E-state index contributed by atoms with van der Waals surface area (Å²) < 4.78 is 23.7. The van der Waals surface area contributed by atoms with Crippen LogP contribution in [0, 0.1) is 0 Å². The minimum absolute atomic E-state index is 0. The average Bonchev–Trinajstić information content (AvgIpc) is 2.30. The Morgan fingerprint density at radius 2 is 2.00 bits per heavy atom. The van der Waals surface area contributed by atoms with E-state index in [1.807, 2.05) is 0 Å². The topological polar surface area (TPSA) is 121 Å². The second-order valence-electron chi connectivity index (χ2n) is 3.24. The molecule has 0 bridgehead atoms. The molecule has 0 heterocycles. The minimum Gasteiger partial charge on any atom is -0.480 e. The van der Waals surface area contributed by atoms with Crippen LogP contribution in [0.1, 0.15) is 6.42 Å². The summed E-state index contributed by atoms with van der Waals surface area (Å²) in [6, 6.07) is 0. The van der Waals surface area contributed by atoms with Crippen LogP contribution in [0.25, 0.3) is 0 Å². The lowest BCUT2D eigenvalue weighted by Crippen LogP contribution is -2.42. The molecule has 0 aliphatic heterocycles. The number of rotatable bonds is 3. The van der Waals surface area contributed by atoms with Gasteiger partial charge in [-0.25, -0.2) is 4.39 Å². The van der Waals surface area contributed by atoms with Crippen molar-refractivity contribution in [3.63, 3.8) is 0 Å². The zero-order valence-corrected chi connectivity index (χ0v) is 8.59. The molecule has 84 valence electrons. The van der Waals surface area contributed by atoms with E-state index in [4.69, 9.17) is 20.6 Å². The fourth-order valence-corrected chi connectivity index (χ4v) is 2.24. The third-order valence-electron chi connectivity index (χ3n) is 2.07. The van der Waals surface area contributed by atoms with Gasteiger partial charge < -0.3 is 20.6 Å². The van der Waals surface area contributed by atoms with Gasteiger partial charge in [0.05, 0.1) is 6.16 Å². The molecule has 0 unspecified atom stereocenters. The van der Waals surface area contributed by atoms with Crippen molar-refractivity contribution in [2.75, 3.05) is 6.16 Å². The van der Waals surface area contributed by atoms with E-state index in [0.29, 0.717) is 0 Å². The van der Waals surface area contributed by atoms with Crippen molar-refractivity contribution in [1.82, 2.24) is 0 Å². The van der Waals surface area contributed by atoms with Crippen molar-refractivity contribution in [3.8, 4) is 0 Å². The third kappa shape index (κ3) is 2.24. The second-order valence-corrected chi connectivity index (χ2v) is 4.89. The molecule has 0 amide bonds. The van der Waals surface area contributed by atoms with E-state index in [2.05, 4.69) is 0 Å². The van der Waals surface area contributed by atoms with Gasteiger partial charge in [0.25, 0.3) is 0 Å². The first-order valence-electron chi connectivity index (χ1n) is 3.36. The van der Waals surface area contributed by atoms with E-state index in [1.54, 1.807) is 0 Å². The number of halogens is 2. The molecule has 0 saturated heterocycles. The lowest BCUT2D eigenvalue weighted by atomic mass is 10.2. The first kappa shape index (κ1) is 13.8. The summed E-state index contributed by atoms with van der Waals surface area (Å²) in [6.07, 6.45) is -1.69. The molecule has 0 aromatic carbocycles. The summed E-state index contributed by atoms with van der Waals surface area (Å²) in [5.41, 5.74) is 0.452. The summed E-state index contributed by atoms with van der Waals surface area (Å²) in [7, 11) is -4.56. The Bertz CT molecular complexity index is 308. The summed E-state index contributed by atoms with van der Waals surface area (Å²) in [4.78, 5) is 27.2. The molecule has 0 spiro atoms. The van der Waals surface area contributed by atoms with Gasteiger partial charge in [-0.1, -0.05) is 0 Å². The maximum atomic E-state index is 13.3. The zero-order chi connectivity index (χ0) is 10.5. The highest BCUT2D eigenvalue weighted by Gasteiger charge is 2.74. The van der Waals surface area contributed by atoms with E-state index in [0.717, 1.165) is 0 Å². The van der Waals surface area contributed by atoms with Crippen LogP contribution in [-0.2, 0) is 9.36 Å².